The molecule has 0 bridgehead atoms. The number of amides is 1. The molecule has 1 amide bonds. The molecule has 2 heterocycles. The van der Waals surface area contributed by atoms with Gasteiger partial charge >= 0.3 is 6.09 Å². The van der Waals surface area contributed by atoms with Crippen LogP contribution in [0, 0.1) is 0 Å². The lowest BCUT2D eigenvalue weighted by molar-refractivity contribution is 0.0189. The van der Waals surface area contributed by atoms with Crippen molar-refractivity contribution >= 4 is 26.9 Å². The van der Waals surface area contributed by atoms with Crippen LogP contribution in [0.2, 0.25) is 0 Å². The fourth-order valence-corrected chi connectivity index (χ4v) is 5.45. The molecule has 1 atom stereocenters. The number of carbonyl (C=O) groups is 1. The van der Waals surface area contributed by atoms with Crippen LogP contribution in [-0.4, -0.2) is 60.0 Å². The van der Waals surface area contributed by atoms with Gasteiger partial charge in [0.15, 0.2) is 0 Å². The highest BCUT2D eigenvalue weighted by Gasteiger charge is 2.34. The van der Waals surface area contributed by atoms with E-state index >= 15 is 0 Å². The topological polar surface area (TPSA) is 79.8 Å². The SMILES string of the molecule is CCC1CN(C(=O)OC(C)(C)C)CCCCN1S(=O)(=O)c1ccc2cnccc2c1. The molecule has 1 aromatic heterocycles. The van der Waals surface area contributed by atoms with Gasteiger partial charge in [0.1, 0.15) is 5.60 Å². The maximum absolute atomic E-state index is 13.5. The number of carbonyl (C=O) groups excluding carboxylic acids is 1. The Hall–Kier alpha value is -2.19. The summed E-state index contributed by atoms with van der Waals surface area (Å²) in [7, 11) is -3.70. The monoisotopic (exact) mass is 433 g/mol. The predicted octanol–water partition coefficient (Wildman–Crippen LogP) is 4.04. The Morgan fingerprint density at radius 2 is 1.90 bits per heavy atom. The molecule has 164 valence electrons. The summed E-state index contributed by atoms with van der Waals surface area (Å²) >= 11 is 0. The van der Waals surface area contributed by atoms with Crippen LogP contribution >= 0.6 is 0 Å². The summed E-state index contributed by atoms with van der Waals surface area (Å²) in [5.41, 5.74) is -0.590. The quantitative estimate of drug-likeness (QED) is 0.730. The zero-order valence-electron chi connectivity index (χ0n) is 18.2. The lowest BCUT2D eigenvalue weighted by Gasteiger charge is -2.37. The van der Waals surface area contributed by atoms with Crippen LogP contribution in [0.5, 0.6) is 0 Å². The third-order valence-electron chi connectivity index (χ3n) is 5.24. The van der Waals surface area contributed by atoms with Crippen molar-refractivity contribution in [2.75, 3.05) is 19.6 Å². The number of sulfonamides is 1. The van der Waals surface area contributed by atoms with E-state index in [0.29, 0.717) is 32.5 Å². The van der Waals surface area contributed by atoms with Gasteiger partial charge in [-0.05, 0) is 63.6 Å². The van der Waals surface area contributed by atoms with Crippen LogP contribution in [0.15, 0.2) is 41.6 Å². The van der Waals surface area contributed by atoms with Crippen molar-refractivity contribution in [2.45, 2.75) is 63.5 Å². The molecule has 1 saturated heterocycles. The van der Waals surface area contributed by atoms with E-state index in [9.17, 15) is 13.2 Å². The highest BCUT2D eigenvalue weighted by Crippen LogP contribution is 2.26. The number of pyridine rings is 1. The summed E-state index contributed by atoms with van der Waals surface area (Å²) in [5, 5.41) is 1.73. The molecular weight excluding hydrogens is 402 g/mol. The molecule has 1 aliphatic heterocycles. The van der Waals surface area contributed by atoms with Crippen LogP contribution in [0.3, 0.4) is 0 Å². The molecule has 8 heteroatoms. The molecule has 1 unspecified atom stereocenters. The maximum atomic E-state index is 13.5. The third kappa shape index (κ3) is 5.10. The Kier molecular flexibility index (Phi) is 6.67. The van der Waals surface area contributed by atoms with Crippen molar-refractivity contribution in [2.24, 2.45) is 0 Å². The van der Waals surface area contributed by atoms with Gasteiger partial charge in [0, 0.05) is 43.5 Å². The molecule has 0 saturated carbocycles. The van der Waals surface area contributed by atoms with Crippen molar-refractivity contribution < 1.29 is 17.9 Å². The first-order chi connectivity index (χ1) is 14.1. The lowest BCUT2D eigenvalue weighted by Crippen LogP contribution is -2.51. The highest BCUT2D eigenvalue weighted by molar-refractivity contribution is 7.89. The van der Waals surface area contributed by atoms with Crippen molar-refractivity contribution in [3.05, 3.63) is 36.7 Å². The number of ether oxygens (including phenoxy) is 1. The molecule has 0 N–H and O–H groups in total. The molecule has 30 heavy (non-hydrogen) atoms. The van der Waals surface area contributed by atoms with Crippen LogP contribution < -0.4 is 0 Å². The molecule has 2 aromatic rings. The van der Waals surface area contributed by atoms with E-state index < -0.39 is 21.7 Å². The largest absolute Gasteiger partial charge is 0.444 e. The zero-order chi connectivity index (χ0) is 21.9. The second-order valence-electron chi connectivity index (χ2n) is 8.70. The van der Waals surface area contributed by atoms with Gasteiger partial charge in [-0.15, -0.1) is 0 Å². The molecule has 0 spiro atoms. The number of benzene rings is 1. The summed E-state index contributed by atoms with van der Waals surface area (Å²) in [4.78, 5) is 18.6. The first kappa shape index (κ1) is 22.5. The van der Waals surface area contributed by atoms with Crippen LogP contribution in [0.1, 0.15) is 47.0 Å². The molecule has 1 fully saturated rings. The summed E-state index contributed by atoms with van der Waals surface area (Å²) in [6.07, 6.45) is 5.00. The smallest absolute Gasteiger partial charge is 0.410 e. The first-order valence-electron chi connectivity index (χ1n) is 10.5. The summed E-state index contributed by atoms with van der Waals surface area (Å²) in [6, 6.07) is 6.62. The van der Waals surface area contributed by atoms with Crippen molar-refractivity contribution in [1.29, 1.82) is 0 Å². The zero-order valence-corrected chi connectivity index (χ0v) is 19.0. The predicted molar refractivity (Wildman–Crippen MR) is 117 cm³/mol. The van der Waals surface area contributed by atoms with Gasteiger partial charge in [-0.1, -0.05) is 13.0 Å². The van der Waals surface area contributed by atoms with Crippen molar-refractivity contribution in [3.8, 4) is 0 Å². The number of fused-ring (bicyclic) bond motifs is 1. The Balaban J connectivity index is 1.89. The van der Waals surface area contributed by atoms with Crippen molar-refractivity contribution in [1.82, 2.24) is 14.2 Å². The van der Waals surface area contributed by atoms with E-state index in [2.05, 4.69) is 4.98 Å². The summed E-state index contributed by atoms with van der Waals surface area (Å²) < 4.78 is 34.2. The fourth-order valence-electron chi connectivity index (χ4n) is 3.69. The Labute approximate surface area is 179 Å². The van der Waals surface area contributed by atoms with Crippen molar-refractivity contribution in [3.63, 3.8) is 0 Å². The molecule has 7 nitrogen and oxygen atoms in total. The van der Waals surface area contributed by atoms with Gasteiger partial charge in [0.05, 0.1) is 4.90 Å². The van der Waals surface area contributed by atoms with Gasteiger partial charge < -0.3 is 9.64 Å². The van der Waals surface area contributed by atoms with Gasteiger partial charge in [-0.3, -0.25) is 4.98 Å². The summed E-state index contributed by atoms with van der Waals surface area (Å²) in [5.74, 6) is 0. The number of hydrogen-bond donors (Lipinski definition) is 0. The molecule has 0 radical (unpaired) electrons. The minimum atomic E-state index is -3.70. The molecule has 1 aliphatic rings. The fraction of sp³-hybridized carbons (Fsp3) is 0.545. The molecular formula is C22H31N3O4S. The molecule has 3 rings (SSSR count). The second kappa shape index (κ2) is 8.89. The van der Waals surface area contributed by atoms with Crippen LogP contribution in [0.25, 0.3) is 10.8 Å². The van der Waals surface area contributed by atoms with Gasteiger partial charge in [0.2, 0.25) is 10.0 Å². The lowest BCUT2D eigenvalue weighted by atomic mass is 10.1. The van der Waals surface area contributed by atoms with E-state index in [1.54, 1.807) is 39.8 Å². The van der Waals surface area contributed by atoms with Gasteiger partial charge in [-0.25, -0.2) is 13.2 Å². The van der Waals surface area contributed by atoms with E-state index in [-0.39, 0.29) is 10.9 Å². The molecule has 1 aromatic carbocycles. The van der Waals surface area contributed by atoms with Gasteiger partial charge in [0.25, 0.3) is 0 Å². The van der Waals surface area contributed by atoms with E-state index in [1.807, 2.05) is 33.8 Å². The van der Waals surface area contributed by atoms with E-state index in [0.717, 1.165) is 17.2 Å². The third-order valence-corrected chi connectivity index (χ3v) is 7.18. The maximum Gasteiger partial charge on any atom is 0.410 e. The Bertz CT molecular complexity index is 1000. The standard InChI is InChI=1S/C22H31N3O4S/c1-5-19-16-24(21(26)29-22(2,3)4)12-6-7-13-25(19)30(27,28)20-9-8-18-15-23-11-10-17(18)14-20/h8-11,14-15,19H,5-7,12-13,16H2,1-4H3. The number of aromatic nitrogens is 1. The van der Waals surface area contributed by atoms with Gasteiger partial charge in [-0.2, -0.15) is 4.31 Å². The Morgan fingerprint density at radius 3 is 2.60 bits per heavy atom. The van der Waals surface area contributed by atoms with E-state index in [4.69, 9.17) is 4.74 Å². The van der Waals surface area contributed by atoms with Crippen LogP contribution in [0.4, 0.5) is 4.79 Å². The molecule has 0 aliphatic carbocycles. The number of nitrogens with zero attached hydrogens (tertiary/aromatic N) is 3. The highest BCUT2D eigenvalue weighted by atomic mass is 32.2. The first-order valence-corrected chi connectivity index (χ1v) is 11.9. The summed E-state index contributed by atoms with van der Waals surface area (Å²) in [6.45, 7) is 8.78. The Morgan fingerprint density at radius 1 is 1.17 bits per heavy atom. The average molecular weight is 434 g/mol. The minimum absolute atomic E-state index is 0.268. The minimum Gasteiger partial charge on any atom is -0.444 e. The normalized spacial score (nSPS) is 19.3. The van der Waals surface area contributed by atoms with Crippen LogP contribution in [-0.2, 0) is 14.8 Å². The number of rotatable bonds is 3. The average Bonchev–Trinajstić information content (AvgIpc) is 2.66. The van der Waals surface area contributed by atoms with E-state index in [1.165, 1.54) is 0 Å². The second-order valence-corrected chi connectivity index (χ2v) is 10.6. The number of hydrogen-bond acceptors (Lipinski definition) is 5.